The van der Waals surface area contributed by atoms with E-state index in [0.717, 1.165) is 28.4 Å². The molecule has 0 bridgehead atoms. The maximum Gasteiger partial charge on any atom is 0.230 e. The number of ether oxygens (including phenoxy) is 1. The molecule has 1 aliphatic carbocycles. The first-order valence-corrected chi connectivity index (χ1v) is 10.2. The van der Waals surface area contributed by atoms with Crippen molar-refractivity contribution in [2.24, 2.45) is 0 Å². The van der Waals surface area contributed by atoms with Gasteiger partial charge in [0.1, 0.15) is 5.82 Å². The third kappa shape index (κ3) is 3.67. The van der Waals surface area contributed by atoms with E-state index in [9.17, 15) is 9.18 Å². The van der Waals surface area contributed by atoms with Crippen LogP contribution in [0.25, 0.3) is 0 Å². The molecule has 4 rings (SSSR count). The lowest BCUT2D eigenvalue weighted by Crippen LogP contribution is -2.49. The number of carbonyl (C=O) groups excluding carboxylic acids is 1. The van der Waals surface area contributed by atoms with Crippen LogP contribution in [0.3, 0.4) is 0 Å². The van der Waals surface area contributed by atoms with Gasteiger partial charge in [-0.15, -0.1) is 0 Å². The Labute approximate surface area is 167 Å². The fraction of sp³-hybridized carbons (Fsp3) is 0.409. The van der Waals surface area contributed by atoms with E-state index in [0.29, 0.717) is 32.6 Å². The Kier molecular flexibility index (Phi) is 5.08. The first-order valence-electron chi connectivity index (χ1n) is 9.42. The normalized spacial score (nSPS) is 20.1. The minimum atomic E-state index is -0.544. The Bertz CT molecular complexity index is 809. The summed E-state index contributed by atoms with van der Waals surface area (Å²) in [6, 6.07) is 14.7. The zero-order valence-electron chi connectivity index (χ0n) is 15.1. The summed E-state index contributed by atoms with van der Waals surface area (Å²) in [4.78, 5) is 13.3. The van der Waals surface area contributed by atoms with E-state index in [1.165, 1.54) is 12.1 Å². The van der Waals surface area contributed by atoms with Crippen molar-refractivity contribution < 1.29 is 13.9 Å². The van der Waals surface area contributed by atoms with Gasteiger partial charge < -0.3 is 10.1 Å². The molecule has 3 nitrogen and oxygen atoms in total. The minimum Gasteiger partial charge on any atom is -0.381 e. The number of benzene rings is 2. The Morgan fingerprint density at radius 1 is 0.963 bits per heavy atom. The lowest BCUT2D eigenvalue weighted by molar-refractivity contribution is -0.130. The molecule has 1 N–H and O–H groups in total. The van der Waals surface area contributed by atoms with Crippen LogP contribution in [0, 0.1) is 5.82 Å². The van der Waals surface area contributed by atoms with Crippen molar-refractivity contribution in [1.82, 2.24) is 5.32 Å². The molecule has 0 unspecified atom stereocenters. The summed E-state index contributed by atoms with van der Waals surface area (Å²) in [6.45, 7) is 1.77. The van der Waals surface area contributed by atoms with Crippen molar-refractivity contribution in [2.75, 3.05) is 19.8 Å². The Hall–Kier alpha value is -1.72. The van der Waals surface area contributed by atoms with Crippen molar-refractivity contribution in [1.29, 1.82) is 0 Å². The molecular formula is C22H23BrFNO2. The molecule has 1 aliphatic heterocycles. The average molecular weight is 432 g/mol. The highest BCUT2D eigenvalue weighted by Crippen LogP contribution is 2.48. The van der Waals surface area contributed by atoms with Crippen LogP contribution in [0.5, 0.6) is 0 Å². The highest BCUT2D eigenvalue weighted by Gasteiger charge is 2.47. The van der Waals surface area contributed by atoms with E-state index in [2.05, 4.69) is 21.2 Å². The van der Waals surface area contributed by atoms with Crippen LogP contribution in [0.1, 0.15) is 36.8 Å². The second-order valence-electron chi connectivity index (χ2n) is 7.67. The van der Waals surface area contributed by atoms with Crippen molar-refractivity contribution in [3.8, 4) is 0 Å². The molecule has 2 aromatic rings. The average Bonchev–Trinajstić information content (AvgIpc) is 3.49. The number of rotatable bonds is 5. The van der Waals surface area contributed by atoms with Gasteiger partial charge in [-0.25, -0.2) is 4.39 Å². The van der Waals surface area contributed by atoms with Crippen molar-refractivity contribution in [2.45, 2.75) is 36.5 Å². The standard InChI is InChI=1S/C22H23BrFNO2/c23-18-5-1-17(2-6-18)22(11-13-27-14-12-22)20(26)25-15-21(9-10-21)16-3-7-19(24)8-4-16/h1-8H,9-15H2,(H,25,26). The molecule has 1 saturated carbocycles. The van der Waals surface area contributed by atoms with Gasteiger partial charge in [-0.1, -0.05) is 40.2 Å². The molecule has 2 fully saturated rings. The fourth-order valence-corrected chi connectivity index (χ4v) is 4.34. The third-order valence-corrected chi connectivity index (χ3v) is 6.60. The molecule has 1 heterocycles. The first kappa shape index (κ1) is 18.6. The van der Waals surface area contributed by atoms with Gasteiger partial charge in [0.05, 0.1) is 5.41 Å². The molecule has 0 aromatic heterocycles. The summed E-state index contributed by atoms with van der Waals surface area (Å²) in [5.74, 6) is -0.156. The summed E-state index contributed by atoms with van der Waals surface area (Å²) in [5, 5.41) is 3.22. The molecule has 2 aliphatic rings. The Balaban J connectivity index is 1.52. The lowest BCUT2D eigenvalue weighted by atomic mass is 9.73. The second kappa shape index (κ2) is 7.36. The smallest absolute Gasteiger partial charge is 0.230 e. The molecular weight excluding hydrogens is 409 g/mol. The van der Waals surface area contributed by atoms with Crippen molar-refractivity contribution >= 4 is 21.8 Å². The summed E-state index contributed by atoms with van der Waals surface area (Å²) in [6.07, 6.45) is 3.41. The number of halogens is 2. The van der Waals surface area contributed by atoms with E-state index in [4.69, 9.17) is 4.74 Å². The van der Waals surface area contributed by atoms with Crippen molar-refractivity contribution in [3.05, 3.63) is 69.9 Å². The topological polar surface area (TPSA) is 38.3 Å². The molecule has 0 atom stereocenters. The number of carbonyl (C=O) groups is 1. The third-order valence-electron chi connectivity index (χ3n) is 6.08. The quantitative estimate of drug-likeness (QED) is 0.757. The van der Waals surface area contributed by atoms with Crippen LogP contribution < -0.4 is 5.32 Å². The van der Waals surface area contributed by atoms with Gasteiger partial charge in [-0.2, -0.15) is 0 Å². The molecule has 0 spiro atoms. The summed E-state index contributed by atoms with van der Waals surface area (Å²) >= 11 is 3.47. The van der Waals surface area contributed by atoms with Gasteiger partial charge in [-0.3, -0.25) is 4.79 Å². The maximum absolute atomic E-state index is 13.3. The monoisotopic (exact) mass is 431 g/mol. The number of nitrogens with one attached hydrogen (secondary N) is 1. The number of hydrogen-bond donors (Lipinski definition) is 1. The van der Waals surface area contributed by atoms with Gasteiger partial charge in [-0.05, 0) is 61.1 Å². The summed E-state index contributed by atoms with van der Waals surface area (Å²) in [5.41, 5.74) is 1.56. The molecule has 2 aromatic carbocycles. The van der Waals surface area contributed by atoms with E-state index in [1.54, 1.807) is 0 Å². The highest BCUT2D eigenvalue weighted by atomic mass is 79.9. The van der Waals surface area contributed by atoms with E-state index < -0.39 is 5.41 Å². The number of hydrogen-bond acceptors (Lipinski definition) is 2. The predicted molar refractivity (Wildman–Crippen MR) is 106 cm³/mol. The van der Waals surface area contributed by atoms with Gasteiger partial charge in [0, 0.05) is 29.6 Å². The van der Waals surface area contributed by atoms with Gasteiger partial charge >= 0.3 is 0 Å². The SMILES string of the molecule is O=C(NCC1(c2ccc(F)cc2)CC1)C1(c2ccc(Br)cc2)CCOCC1. The maximum atomic E-state index is 13.3. The largest absolute Gasteiger partial charge is 0.381 e. The van der Waals surface area contributed by atoms with Crippen LogP contribution >= 0.6 is 15.9 Å². The van der Waals surface area contributed by atoms with E-state index in [1.807, 2.05) is 36.4 Å². The lowest BCUT2D eigenvalue weighted by Gasteiger charge is -2.36. The fourth-order valence-electron chi connectivity index (χ4n) is 4.08. The summed E-state index contributed by atoms with van der Waals surface area (Å²) in [7, 11) is 0. The van der Waals surface area contributed by atoms with Gasteiger partial charge in [0.15, 0.2) is 0 Å². The molecule has 142 valence electrons. The molecule has 1 saturated heterocycles. The highest BCUT2D eigenvalue weighted by molar-refractivity contribution is 9.10. The van der Waals surface area contributed by atoms with Crippen LogP contribution in [-0.2, 0) is 20.4 Å². The minimum absolute atomic E-state index is 0.0462. The Morgan fingerprint density at radius 2 is 1.56 bits per heavy atom. The first-order chi connectivity index (χ1) is 13.0. The number of amides is 1. The predicted octanol–water partition coefficient (Wildman–Crippen LogP) is 4.48. The van der Waals surface area contributed by atoms with Crippen LogP contribution in [-0.4, -0.2) is 25.7 Å². The molecule has 5 heteroatoms. The Morgan fingerprint density at radius 3 is 2.15 bits per heavy atom. The summed E-state index contributed by atoms with van der Waals surface area (Å²) < 4.78 is 19.8. The van der Waals surface area contributed by atoms with E-state index >= 15 is 0 Å². The zero-order chi connectivity index (χ0) is 18.9. The molecule has 0 radical (unpaired) electrons. The van der Waals surface area contributed by atoms with Crippen LogP contribution in [0.4, 0.5) is 4.39 Å². The van der Waals surface area contributed by atoms with Gasteiger partial charge in [0.25, 0.3) is 0 Å². The van der Waals surface area contributed by atoms with E-state index in [-0.39, 0.29) is 17.1 Å². The zero-order valence-corrected chi connectivity index (χ0v) is 16.7. The van der Waals surface area contributed by atoms with Crippen molar-refractivity contribution in [3.63, 3.8) is 0 Å². The molecule has 27 heavy (non-hydrogen) atoms. The van der Waals surface area contributed by atoms with Crippen LogP contribution in [0.15, 0.2) is 53.0 Å². The van der Waals surface area contributed by atoms with Crippen LogP contribution in [0.2, 0.25) is 0 Å². The van der Waals surface area contributed by atoms with Gasteiger partial charge in [0.2, 0.25) is 5.91 Å². The second-order valence-corrected chi connectivity index (χ2v) is 8.59. The molecule has 1 amide bonds.